The van der Waals surface area contributed by atoms with E-state index in [1.807, 2.05) is 12.1 Å². The quantitative estimate of drug-likeness (QED) is 0.168. The third-order valence-electron chi connectivity index (χ3n) is 10.2. The summed E-state index contributed by atoms with van der Waals surface area (Å²) in [7, 11) is 0. The summed E-state index contributed by atoms with van der Waals surface area (Å²) in [6.07, 6.45) is 11.2. The Kier molecular flexibility index (Phi) is 22.7. The lowest BCUT2D eigenvalue weighted by atomic mass is 10.1. The first-order chi connectivity index (χ1) is 26.2. The summed E-state index contributed by atoms with van der Waals surface area (Å²) in [4.78, 5) is 20.4. The molecule has 53 heavy (non-hydrogen) atoms. The first-order valence-corrected chi connectivity index (χ1v) is 20.6. The van der Waals surface area contributed by atoms with Crippen molar-refractivity contribution in [1.29, 1.82) is 0 Å². The molecule has 4 fully saturated rings. The van der Waals surface area contributed by atoms with E-state index in [9.17, 15) is 4.79 Å². The predicted molar refractivity (Wildman–Crippen MR) is 214 cm³/mol. The number of carbonyl (C=O) groups is 1. The van der Waals surface area contributed by atoms with Gasteiger partial charge in [0.2, 0.25) is 0 Å². The highest BCUT2D eigenvalue weighted by atomic mass is 16.5. The number of morpholine rings is 2. The van der Waals surface area contributed by atoms with Crippen molar-refractivity contribution in [3.05, 3.63) is 59.7 Å². The minimum atomic E-state index is 0.690. The lowest BCUT2D eigenvalue weighted by molar-refractivity contribution is 0.0384. The van der Waals surface area contributed by atoms with Gasteiger partial charge in [-0.05, 0) is 107 Å². The molecule has 2 aromatic rings. The van der Waals surface area contributed by atoms with E-state index in [4.69, 9.17) is 24.7 Å². The average molecular weight is 739 g/mol. The second kappa shape index (κ2) is 27.9. The van der Waals surface area contributed by atoms with E-state index < -0.39 is 0 Å². The number of nitrogens with two attached hydrogens (primary N) is 1. The Morgan fingerprint density at radius 2 is 1.04 bits per heavy atom. The normalized spacial score (nSPS) is 19.0. The van der Waals surface area contributed by atoms with Crippen molar-refractivity contribution < 1.29 is 23.7 Å². The van der Waals surface area contributed by atoms with Crippen molar-refractivity contribution in [3.63, 3.8) is 0 Å². The molecule has 0 saturated carbocycles. The summed E-state index contributed by atoms with van der Waals surface area (Å²) < 4.78 is 22.1. The van der Waals surface area contributed by atoms with Crippen molar-refractivity contribution in [2.45, 2.75) is 57.9 Å². The number of hydrogen-bond acceptors (Lipinski definition) is 11. The van der Waals surface area contributed by atoms with E-state index in [1.165, 1.54) is 76.8 Å². The molecule has 0 amide bonds. The Hall–Kier alpha value is -2.61. The minimum absolute atomic E-state index is 0.690. The molecule has 0 radical (unpaired) electrons. The van der Waals surface area contributed by atoms with Gasteiger partial charge in [0.15, 0.2) is 0 Å². The van der Waals surface area contributed by atoms with Gasteiger partial charge in [0.05, 0.1) is 39.6 Å². The van der Waals surface area contributed by atoms with Crippen LogP contribution in [-0.2, 0) is 16.0 Å². The number of benzene rings is 2. The molecule has 6 rings (SSSR count). The molecule has 4 heterocycles. The maximum atomic E-state index is 10.5. The summed E-state index contributed by atoms with van der Waals surface area (Å²) in [5, 5.41) is 3.53. The predicted octanol–water partition coefficient (Wildman–Crippen LogP) is 4.39. The van der Waals surface area contributed by atoms with Gasteiger partial charge in [0.1, 0.15) is 17.8 Å². The van der Waals surface area contributed by atoms with E-state index in [0.717, 1.165) is 136 Å². The van der Waals surface area contributed by atoms with Crippen LogP contribution >= 0.6 is 0 Å². The van der Waals surface area contributed by atoms with Gasteiger partial charge < -0.3 is 39.8 Å². The molecule has 0 aliphatic carbocycles. The van der Waals surface area contributed by atoms with Crippen molar-refractivity contribution in [3.8, 4) is 11.5 Å². The van der Waals surface area contributed by atoms with E-state index >= 15 is 0 Å². The Morgan fingerprint density at radius 1 is 0.585 bits per heavy atom. The second-order valence-corrected chi connectivity index (χ2v) is 14.4. The SMILES string of the molecule is NCCN1CCOCC1.O=Cc1ccc(OCCCN2CCCCC2)cc1.c1cc(OCCCN2CCCCC2)ccc1CNCCN1CCOCC1. The number of piperidine rings is 2. The number of carbonyl (C=O) groups excluding carboxylic acids is 1. The van der Waals surface area contributed by atoms with Crippen LogP contribution in [-0.4, -0.2) is 157 Å². The summed E-state index contributed by atoms with van der Waals surface area (Å²) in [5.41, 5.74) is 7.38. The zero-order valence-electron chi connectivity index (χ0n) is 32.6. The van der Waals surface area contributed by atoms with E-state index in [2.05, 4.69) is 49.2 Å². The summed E-state index contributed by atoms with van der Waals surface area (Å²) in [6, 6.07) is 15.8. The lowest BCUT2D eigenvalue weighted by Gasteiger charge is -2.26. The number of rotatable bonds is 18. The van der Waals surface area contributed by atoms with Gasteiger partial charge in [0, 0.05) is 77.6 Å². The van der Waals surface area contributed by atoms with Gasteiger partial charge in [-0.1, -0.05) is 25.0 Å². The average Bonchev–Trinajstić information content (AvgIpc) is 3.23. The maximum Gasteiger partial charge on any atom is 0.150 e. The van der Waals surface area contributed by atoms with Crippen LogP contribution in [0.5, 0.6) is 11.5 Å². The second-order valence-electron chi connectivity index (χ2n) is 14.4. The third-order valence-corrected chi connectivity index (χ3v) is 10.2. The molecule has 4 aliphatic rings. The highest BCUT2D eigenvalue weighted by molar-refractivity contribution is 5.74. The monoisotopic (exact) mass is 739 g/mol. The van der Waals surface area contributed by atoms with Gasteiger partial charge in [-0.25, -0.2) is 0 Å². The molecule has 0 spiro atoms. The third kappa shape index (κ3) is 19.5. The molecule has 4 aliphatic heterocycles. The van der Waals surface area contributed by atoms with Gasteiger partial charge in [-0.15, -0.1) is 0 Å². The van der Waals surface area contributed by atoms with Gasteiger partial charge in [-0.2, -0.15) is 0 Å². The fourth-order valence-electron chi connectivity index (χ4n) is 6.97. The molecule has 11 heteroatoms. The number of nitrogens with one attached hydrogen (secondary N) is 1. The molecule has 4 saturated heterocycles. The Labute approximate surface area is 320 Å². The van der Waals surface area contributed by atoms with Crippen molar-refractivity contribution in [2.75, 3.05) is 131 Å². The lowest BCUT2D eigenvalue weighted by Crippen LogP contribution is -2.40. The molecule has 11 nitrogen and oxygen atoms in total. The van der Waals surface area contributed by atoms with Gasteiger partial charge in [-0.3, -0.25) is 14.6 Å². The molecule has 0 unspecified atom stereocenters. The van der Waals surface area contributed by atoms with E-state index in [1.54, 1.807) is 12.1 Å². The highest BCUT2D eigenvalue weighted by Gasteiger charge is 2.11. The Balaban J connectivity index is 0.000000200. The van der Waals surface area contributed by atoms with Crippen LogP contribution in [0.3, 0.4) is 0 Å². The number of hydrogen-bond donors (Lipinski definition) is 2. The van der Waals surface area contributed by atoms with Gasteiger partial charge in [0.25, 0.3) is 0 Å². The minimum Gasteiger partial charge on any atom is -0.494 e. The molecular weight excluding hydrogens is 668 g/mol. The maximum absolute atomic E-state index is 10.5. The van der Waals surface area contributed by atoms with Crippen molar-refractivity contribution in [1.82, 2.24) is 24.9 Å². The van der Waals surface area contributed by atoms with Crippen LogP contribution in [0.4, 0.5) is 0 Å². The van der Waals surface area contributed by atoms with E-state index in [-0.39, 0.29) is 0 Å². The molecular formula is C42H70N6O5. The number of ether oxygens (including phenoxy) is 4. The highest BCUT2D eigenvalue weighted by Crippen LogP contribution is 2.14. The first kappa shape index (κ1) is 43.1. The molecule has 3 N–H and O–H groups in total. The molecule has 2 aromatic carbocycles. The Morgan fingerprint density at radius 3 is 1.51 bits per heavy atom. The van der Waals surface area contributed by atoms with Crippen molar-refractivity contribution in [2.24, 2.45) is 5.73 Å². The zero-order chi connectivity index (χ0) is 37.0. The fraction of sp³-hybridized carbons (Fsp3) is 0.690. The number of nitrogens with zero attached hydrogens (tertiary/aromatic N) is 4. The first-order valence-electron chi connectivity index (χ1n) is 20.6. The molecule has 0 atom stereocenters. The van der Waals surface area contributed by atoms with Crippen LogP contribution < -0.4 is 20.5 Å². The van der Waals surface area contributed by atoms with E-state index in [0.29, 0.717) is 5.56 Å². The summed E-state index contributed by atoms with van der Waals surface area (Å²) in [6.45, 7) is 21.4. The zero-order valence-corrected chi connectivity index (χ0v) is 32.6. The van der Waals surface area contributed by atoms with Crippen LogP contribution in [0.2, 0.25) is 0 Å². The topological polar surface area (TPSA) is 105 Å². The molecule has 0 bridgehead atoms. The van der Waals surface area contributed by atoms with Crippen LogP contribution in [0.1, 0.15) is 67.3 Å². The largest absolute Gasteiger partial charge is 0.494 e. The standard InChI is InChI=1S/C21H35N3O2.C15H21NO2.C6H14N2O/c1-2-10-23(11-3-1)12-4-16-26-21-7-5-20(6-8-21)19-22-9-13-24-14-17-25-18-15-24;17-13-14-5-7-15(8-6-14)18-12-4-11-16-9-2-1-3-10-16;7-1-2-8-3-5-9-6-4-8/h5-8,22H,1-4,9-19H2;5-8,13H,1-4,9-12H2;1-7H2. The molecule has 298 valence electrons. The smallest absolute Gasteiger partial charge is 0.150 e. The van der Waals surface area contributed by atoms with Crippen LogP contribution in [0, 0.1) is 0 Å². The number of likely N-dealkylation sites (tertiary alicyclic amines) is 2. The van der Waals surface area contributed by atoms with Crippen LogP contribution in [0.25, 0.3) is 0 Å². The summed E-state index contributed by atoms with van der Waals surface area (Å²) >= 11 is 0. The Bertz CT molecular complexity index is 1120. The summed E-state index contributed by atoms with van der Waals surface area (Å²) in [5.74, 6) is 1.83. The van der Waals surface area contributed by atoms with Crippen LogP contribution in [0.15, 0.2) is 48.5 Å². The fourth-order valence-corrected chi connectivity index (χ4v) is 6.97. The molecule has 0 aromatic heterocycles. The number of aldehydes is 1. The van der Waals surface area contributed by atoms with Gasteiger partial charge >= 0.3 is 0 Å². The van der Waals surface area contributed by atoms with Crippen molar-refractivity contribution >= 4 is 6.29 Å².